The molecule has 0 unspecified atom stereocenters. The van der Waals surface area contributed by atoms with Gasteiger partial charge in [0.25, 0.3) is 5.91 Å². The molecule has 0 aliphatic rings. The summed E-state index contributed by atoms with van der Waals surface area (Å²) in [6.45, 7) is 0.443. The smallest absolute Gasteiger partial charge is 0.256 e. The van der Waals surface area contributed by atoms with Crippen molar-refractivity contribution in [1.82, 2.24) is 4.98 Å². The second-order valence-corrected chi connectivity index (χ2v) is 7.39. The molecule has 28 heavy (non-hydrogen) atoms. The molecule has 0 radical (unpaired) electrons. The number of nitrogens with one attached hydrogen (secondary N) is 1. The number of benzene rings is 3. The lowest BCUT2D eigenvalue weighted by atomic mass is 10.1. The summed E-state index contributed by atoms with van der Waals surface area (Å²) >= 11 is 2.20. The number of hydrogen-bond donors (Lipinski definition) is 1. The Morgan fingerprint density at radius 3 is 2.43 bits per heavy atom. The normalized spacial score (nSPS) is 10.6. The third kappa shape index (κ3) is 3.99. The van der Waals surface area contributed by atoms with E-state index in [9.17, 15) is 4.79 Å². The number of rotatable bonds is 5. The van der Waals surface area contributed by atoms with Crippen LogP contribution in [0.3, 0.4) is 0 Å². The van der Waals surface area contributed by atoms with Crippen LogP contribution in [0.25, 0.3) is 10.9 Å². The van der Waals surface area contributed by atoms with Crippen LogP contribution in [0.15, 0.2) is 85.1 Å². The van der Waals surface area contributed by atoms with Gasteiger partial charge in [0.2, 0.25) is 0 Å². The molecule has 1 amide bonds. The summed E-state index contributed by atoms with van der Waals surface area (Å²) < 4.78 is 6.93. The Morgan fingerprint density at radius 2 is 1.68 bits per heavy atom. The molecule has 0 fully saturated rings. The molecule has 0 bridgehead atoms. The van der Waals surface area contributed by atoms with Crippen molar-refractivity contribution in [3.63, 3.8) is 0 Å². The molecule has 5 heteroatoms. The molecule has 1 heterocycles. The van der Waals surface area contributed by atoms with Crippen LogP contribution >= 0.6 is 22.6 Å². The largest absolute Gasteiger partial charge is 0.485 e. The van der Waals surface area contributed by atoms with Crippen LogP contribution in [0.5, 0.6) is 5.75 Å². The minimum absolute atomic E-state index is 0.170. The van der Waals surface area contributed by atoms with E-state index in [-0.39, 0.29) is 5.91 Å². The van der Waals surface area contributed by atoms with Gasteiger partial charge in [0, 0.05) is 17.3 Å². The zero-order chi connectivity index (χ0) is 19.3. The van der Waals surface area contributed by atoms with Crippen molar-refractivity contribution in [2.75, 3.05) is 5.32 Å². The highest BCUT2D eigenvalue weighted by molar-refractivity contribution is 14.1. The molecule has 0 spiro atoms. The zero-order valence-electron chi connectivity index (χ0n) is 14.9. The van der Waals surface area contributed by atoms with E-state index in [2.05, 4.69) is 32.9 Å². The van der Waals surface area contributed by atoms with Crippen LogP contribution in [-0.2, 0) is 6.61 Å². The molecule has 4 aromatic rings. The fourth-order valence-corrected chi connectivity index (χ4v) is 3.68. The van der Waals surface area contributed by atoms with E-state index >= 15 is 0 Å². The van der Waals surface area contributed by atoms with Gasteiger partial charge in [-0.2, -0.15) is 0 Å². The number of nitrogens with zero attached hydrogens (tertiary/aromatic N) is 1. The van der Waals surface area contributed by atoms with Crippen molar-refractivity contribution >= 4 is 45.1 Å². The van der Waals surface area contributed by atoms with Gasteiger partial charge in [0.15, 0.2) is 5.75 Å². The third-order valence-electron chi connectivity index (χ3n) is 4.30. The number of para-hydroxylation sites is 1. The fourth-order valence-electron chi connectivity index (χ4n) is 2.96. The van der Waals surface area contributed by atoms with Crippen molar-refractivity contribution in [3.05, 3.63) is 99.8 Å². The molecule has 3 aromatic carbocycles. The van der Waals surface area contributed by atoms with Crippen molar-refractivity contribution in [3.8, 4) is 5.75 Å². The Balaban J connectivity index is 1.69. The number of anilines is 1. The van der Waals surface area contributed by atoms with E-state index in [1.807, 2.05) is 78.9 Å². The number of amides is 1. The molecule has 1 aromatic heterocycles. The highest BCUT2D eigenvalue weighted by Crippen LogP contribution is 2.33. The molecule has 0 saturated heterocycles. The van der Waals surface area contributed by atoms with Gasteiger partial charge in [-0.15, -0.1) is 0 Å². The quantitative estimate of drug-likeness (QED) is 0.375. The summed E-state index contributed by atoms with van der Waals surface area (Å²) in [7, 11) is 0. The Labute approximate surface area is 176 Å². The number of fused-ring (bicyclic) bond motifs is 1. The summed E-state index contributed by atoms with van der Waals surface area (Å²) in [6.07, 6.45) is 1.71. The van der Waals surface area contributed by atoms with Crippen molar-refractivity contribution in [2.24, 2.45) is 0 Å². The average Bonchev–Trinajstić information content (AvgIpc) is 2.74. The highest BCUT2D eigenvalue weighted by Gasteiger charge is 2.18. The Morgan fingerprint density at radius 1 is 0.964 bits per heavy atom. The lowest BCUT2D eigenvalue weighted by molar-refractivity contribution is 0.102. The topological polar surface area (TPSA) is 51.2 Å². The van der Waals surface area contributed by atoms with Gasteiger partial charge in [-0.1, -0.05) is 54.6 Å². The van der Waals surface area contributed by atoms with Crippen LogP contribution in [-0.4, -0.2) is 10.9 Å². The number of pyridine rings is 1. The monoisotopic (exact) mass is 480 g/mol. The second kappa shape index (κ2) is 8.39. The van der Waals surface area contributed by atoms with Crippen molar-refractivity contribution < 1.29 is 9.53 Å². The van der Waals surface area contributed by atoms with E-state index in [1.165, 1.54) is 0 Å². The maximum Gasteiger partial charge on any atom is 0.256 e. The van der Waals surface area contributed by atoms with Crippen LogP contribution < -0.4 is 10.1 Å². The third-order valence-corrected chi connectivity index (χ3v) is 5.10. The lowest BCUT2D eigenvalue weighted by Crippen LogP contribution is -2.13. The molecule has 0 aliphatic heterocycles. The SMILES string of the molecule is O=C(Nc1ccccc1)c1cc(I)c(OCc2ccccc2)c2ncccc12. The molecule has 0 aliphatic carbocycles. The Bertz CT molecular complexity index is 1120. The molecule has 1 N–H and O–H groups in total. The van der Waals surface area contributed by atoms with Crippen LogP contribution in [0.1, 0.15) is 15.9 Å². The van der Waals surface area contributed by atoms with E-state index in [0.717, 1.165) is 20.2 Å². The lowest BCUT2D eigenvalue weighted by Gasteiger charge is -2.14. The highest BCUT2D eigenvalue weighted by atomic mass is 127. The summed E-state index contributed by atoms with van der Waals surface area (Å²) in [6, 6.07) is 25.0. The predicted octanol–water partition coefficient (Wildman–Crippen LogP) is 5.67. The maximum atomic E-state index is 12.9. The summed E-state index contributed by atoms with van der Waals surface area (Å²) in [5.41, 5.74) is 3.09. The average molecular weight is 480 g/mol. The Kier molecular flexibility index (Phi) is 5.53. The van der Waals surface area contributed by atoms with Gasteiger partial charge >= 0.3 is 0 Å². The number of halogens is 1. The number of hydrogen-bond acceptors (Lipinski definition) is 3. The van der Waals surface area contributed by atoms with E-state index in [1.54, 1.807) is 6.20 Å². The number of aromatic nitrogens is 1. The standard InChI is InChI=1S/C23H17IN2O2/c24-20-14-19(23(27)26-17-10-5-2-6-11-17)18-12-7-13-25-21(18)22(20)28-15-16-8-3-1-4-9-16/h1-14H,15H2,(H,26,27). The summed E-state index contributed by atoms with van der Waals surface area (Å²) in [5.74, 6) is 0.521. The zero-order valence-corrected chi connectivity index (χ0v) is 17.1. The maximum absolute atomic E-state index is 12.9. The van der Waals surface area contributed by atoms with E-state index in [0.29, 0.717) is 23.4 Å². The first-order valence-corrected chi connectivity index (χ1v) is 9.90. The van der Waals surface area contributed by atoms with Crippen LogP contribution in [0.4, 0.5) is 5.69 Å². The van der Waals surface area contributed by atoms with Crippen molar-refractivity contribution in [1.29, 1.82) is 0 Å². The van der Waals surface area contributed by atoms with Crippen molar-refractivity contribution in [2.45, 2.75) is 6.61 Å². The number of ether oxygens (including phenoxy) is 1. The van der Waals surface area contributed by atoms with E-state index in [4.69, 9.17) is 4.74 Å². The molecule has 0 saturated carbocycles. The van der Waals surface area contributed by atoms with Gasteiger partial charge in [-0.05, 0) is 52.4 Å². The number of carbonyl (C=O) groups excluding carboxylic acids is 1. The van der Waals surface area contributed by atoms with Crippen LogP contribution in [0, 0.1) is 3.57 Å². The minimum atomic E-state index is -0.170. The van der Waals surface area contributed by atoms with Gasteiger partial charge in [-0.25, -0.2) is 0 Å². The van der Waals surface area contributed by atoms with Crippen LogP contribution in [0.2, 0.25) is 0 Å². The molecular formula is C23H17IN2O2. The molecule has 0 atom stereocenters. The summed E-state index contributed by atoms with van der Waals surface area (Å²) in [4.78, 5) is 17.4. The molecular weight excluding hydrogens is 463 g/mol. The number of carbonyl (C=O) groups is 1. The first-order chi connectivity index (χ1) is 13.7. The van der Waals surface area contributed by atoms with Gasteiger partial charge in [-0.3, -0.25) is 9.78 Å². The van der Waals surface area contributed by atoms with Gasteiger partial charge < -0.3 is 10.1 Å². The minimum Gasteiger partial charge on any atom is -0.485 e. The Hall–Kier alpha value is -2.93. The molecule has 138 valence electrons. The second-order valence-electron chi connectivity index (χ2n) is 6.23. The first kappa shape index (κ1) is 18.4. The molecule has 4 nitrogen and oxygen atoms in total. The first-order valence-electron chi connectivity index (χ1n) is 8.83. The fraction of sp³-hybridized carbons (Fsp3) is 0.0435. The predicted molar refractivity (Wildman–Crippen MR) is 120 cm³/mol. The van der Waals surface area contributed by atoms with E-state index < -0.39 is 0 Å². The summed E-state index contributed by atoms with van der Waals surface area (Å²) in [5, 5.41) is 3.71. The molecule has 4 rings (SSSR count). The van der Waals surface area contributed by atoms with Gasteiger partial charge in [0.1, 0.15) is 12.1 Å². The van der Waals surface area contributed by atoms with Gasteiger partial charge in [0.05, 0.1) is 9.13 Å².